The van der Waals surface area contributed by atoms with E-state index in [2.05, 4.69) is 22.1 Å². The summed E-state index contributed by atoms with van der Waals surface area (Å²) in [6.45, 7) is 9.50. The molecule has 0 aliphatic carbocycles. The molecule has 2 aromatic heterocycles. The molecule has 6 nitrogen and oxygen atoms in total. The zero-order valence-electron chi connectivity index (χ0n) is 19.3. The maximum Gasteiger partial charge on any atom is 3.00 e. The SMILES string of the molecule is CO.CO.[C-]#N.[C-]#N.[Ir+3].[K+].[c-]1ccccc1-c1ccccn1.[c-]1ccccc1-c1ccccn1. The standard InChI is InChI=1S/2C11H8N.2CN.2CH4O.Ir.K/c2*1-2-6-10(7-3-1)11-8-4-5-9-12-11;4*1-2;;/h2*1-6,8-9H;;;2*2H,1H3;;/q4*-1;;;+3;+1. The van der Waals surface area contributed by atoms with Crippen LogP contribution in [0.1, 0.15) is 0 Å². The van der Waals surface area contributed by atoms with Gasteiger partial charge in [0, 0.05) is 26.6 Å². The average molecular weight is 656 g/mol. The fraction of sp³-hybridized carbons (Fsp3) is 0.0769. The summed E-state index contributed by atoms with van der Waals surface area (Å²) in [5, 5.41) is 26.5. The average Bonchev–Trinajstić information content (AvgIpc) is 2.95. The van der Waals surface area contributed by atoms with E-state index < -0.39 is 0 Å². The van der Waals surface area contributed by atoms with Crippen LogP contribution in [-0.4, -0.2) is 34.4 Å². The number of aliphatic hydroxyl groups excluding tert-OH is 2. The molecule has 0 aliphatic heterocycles. The third-order valence-corrected chi connectivity index (χ3v) is 3.30. The molecule has 0 spiro atoms. The van der Waals surface area contributed by atoms with Crippen molar-refractivity contribution >= 4 is 0 Å². The second-order valence-corrected chi connectivity index (χ2v) is 4.98. The van der Waals surface area contributed by atoms with E-state index in [1.165, 1.54) is 0 Å². The Morgan fingerprint density at radius 1 is 0.588 bits per heavy atom. The van der Waals surface area contributed by atoms with Crippen molar-refractivity contribution in [1.29, 1.82) is 10.5 Å². The first-order chi connectivity index (χ1) is 15.9. The molecule has 2 N–H and O–H groups in total. The smallest absolute Gasteiger partial charge is 0.512 e. The van der Waals surface area contributed by atoms with Gasteiger partial charge in [0.05, 0.1) is 0 Å². The molecule has 0 unspecified atom stereocenters. The van der Waals surface area contributed by atoms with Gasteiger partial charge in [-0.15, -0.1) is 71.8 Å². The summed E-state index contributed by atoms with van der Waals surface area (Å²) >= 11 is 0. The Hall–Kier alpha value is -2.07. The zero-order chi connectivity index (χ0) is 24.5. The van der Waals surface area contributed by atoms with Crippen molar-refractivity contribution < 1.29 is 81.7 Å². The van der Waals surface area contributed by atoms with Crippen molar-refractivity contribution in [3.05, 3.63) is 123 Å². The van der Waals surface area contributed by atoms with Crippen LogP contribution in [0.25, 0.3) is 22.5 Å². The van der Waals surface area contributed by atoms with Crippen molar-refractivity contribution in [3.63, 3.8) is 0 Å². The van der Waals surface area contributed by atoms with E-state index in [0.717, 1.165) is 36.7 Å². The predicted molar refractivity (Wildman–Crippen MR) is 123 cm³/mol. The van der Waals surface area contributed by atoms with Crippen LogP contribution >= 0.6 is 0 Å². The molecule has 34 heavy (non-hydrogen) atoms. The van der Waals surface area contributed by atoms with Gasteiger partial charge in [-0.05, 0) is 23.5 Å². The van der Waals surface area contributed by atoms with Crippen molar-refractivity contribution in [2.24, 2.45) is 0 Å². The Morgan fingerprint density at radius 3 is 1.15 bits per heavy atom. The molecule has 4 aromatic rings. The molecule has 2 aromatic carbocycles. The number of hydrogen-bond acceptors (Lipinski definition) is 6. The van der Waals surface area contributed by atoms with E-state index in [-0.39, 0.29) is 71.5 Å². The van der Waals surface area contributed by atoms with Gasteiger partial charge in [0.1, 0.15) is 0 Å². The van der Waals surface area contributed by atoms with E-state index in [0.29, 0.717) is 0 Å². The molecule has 0 saturated carbocycles. The number of nitrogens with zero attached hydrogens (tertiary/aromatic N) is 4. The quantitative estimate of drug-likeness (QED) is 0.250. The molecule has 4 rings (SSSR count). The minimum atomic E-state index is 0. The van der Waals surface area contributed by atoms with Gasteiger partial charge in [-0.1, -0.05) is 24.3 Å². The molecular formula is C26H24IrKN4O2. The second-order valence-electron chi connectivity index (χ2n) is 4.98. The van der Waals surface area contributed by atoms with Crippen molar-refractivity contribution in [2.75, 3.05) is 14.2 Å². The van der Waals surface area contributed by atoms with Gasteiger partial charge < -0.3 is 43.8 Å². The Morgan fingerprint density at radius 2 is 0.912 bits per heavy atom. The molecule has 0 saturated heterocycles. The molecular weight excluding hydrogens is 632 g/mol. The second kappa shape index (κ2) is 30.9. The number of aliphatic hydroxyl groups is 2. The summed E-state index contributed by atoms with van der Waals surface area (Å²) in [5.41, 5.74) is 4.02. The summed E-state index contributed by atoms with van der Waals surface area (Å²) in [5.74, 6) is 0. The van der Waals surface area contributed by atoms with Crippen LogP contribution in [0.4, 0.5) is 0 Å². The number of rotatable bonds is 2. The Balaban J connectivity index is -0.000000196. The van der Waals surface area contributed by atoms with Crippen LogP contribution in [0.3, 0.4) is 0 Å². The minimum Gasteiger partial charge on any atom is -0.512 e. The summed E-state index contributed by atoms with van der Waals surface area (Å²) in [6, 6.07) is 33.6. The third kappa shape index (κ3) is 17.4. The number of aromatic nitrogens is 2. The molecule has 0 aliphatic rings. The van der Waals surface area contributed by atoms with E-state index in [4.69, 9.17) is 33.9 Å². The monoisotopic (exact) mass is 656 g/mol. The van der Waals surface area contributed by atoms with Crippen LogP contribution < -0.4 is 51.4 Å². The maximum absolute atomic E-state index is 7.00. The molecule has 170 valence electrons. The van der Waals surface area contributed by atoms with Gasteiger partial charge in [-0.2, -0.15) is 0 Å². The summed E-state index contributed by atoms with van der Waals surface area (Å²) < 4.78 is 0. The van der Waals surface area contributed by atoms with E-state index in [9.17, 15) is 0 Å². The van der Waals surface area contributed by atoms with Gasteiger partial charge in [-0.25, -0.2) is 0 Å². The van der Waals surface area contributed by atoms with E-state index in [1.54, 1.807) is 12.4 Å². The van der Waals surface area contributed by atoms with Crippen LogP contribution in [0, 0.1) is 35.8 Å². The van der Waals surface area contributed by atoms with Gasteiger partial charge in [-0.3, -0.25) is 0 Å². The summed E-state index contributed by atoms with van der Waals surface area (Å²) in [4.78, 5) is 8.44. The van der Waals surface area contributed by atoms with Gasteiger partial charge in [0.25, 0.3) is 0 Å². The summed E-state index contributed by atoms with van der Waals surface area (Å²) in [7, 11) is 2.00. The number of hydrogen-bond donors (Lipinski definition) is 2. The first-order valence-corrected chi connectivity index (χ1v) is 9.04. The van der Waals surface area contributed by atoms with Crippen molar-refractivity contribution in [1.82, 2.24) is 9.97 Å². The Bertz CT molecular complexity index is 788. The zero-order valence-corrected chi connectivity index (χ0v) is 24.8. The predicted octanol–water partition coefficient (Wildman–Crippen LogP) is 1.51. The molecule has 0 bridgehead atoms. The van der Waals surface area contributed by atoms with Crippen molar-refractivity contribution in [2.45, 2.75) is 0 Å². The fourth-order valence-electron chi connectivity index (χ4n) is 2.15. The van der Waals surface area contributed by atoms with Gasteiger partial charge >= 0.3 is 71.5 Å². The molecule has 0 amide bonds. The van der Waals surface area contributed by atoms with Gasteiger partial charge in [0.2, 0.25) is 0 Å². The van der Waals surface area contributed by atoms with Gasteiger partial charge in [0.15, 0.2) is 0 Å². The Kier molecular flexibility index (Phi) is 35.6. The molecule has 0 atom stereocenters. The Labute approximate surface area is 258 Å². The van der Waals surface area contributed by atoms with Crippen LogP contribution in [-0.2, 0) is 20.1 Å². The van der Waals surface area contributed by atoms with Crippen LogP contribution in [0.2, 0.25) is 0 Å². The molecule has 8 heteroatoms. The van der Waals surface area contributed by atoms with Crippen LogP contribution in [0.5, 0.6) is 0 Å². The fourth-order valence-corrected chi connectivity index (χ4v) is 2.15. The molecule has 2 heterocycles. The largest absolute Gasteiger partial charge is 3.00 e. The van der Waals surface area contributed by atoms with Crippen molar-refractivity contribution in [3.8, 4) is 22.5 Å². The first-order valence-electron chi connectivity index (χ1n) is 9.04. The van der Waals surface area contributed by atoms with E-state index >= 15 is 0 Å². The summed E-state index contributed by atoms with van der Waals surface area (Å²) in [6.07, 6.45) is 3.58. The first kappa shape index (κ1) is 39.2. The molecule has 0 fully saturated rings. The third-order valence-electron chi connectivity index (χ3n) is 3.30. The van der Waals surface area contributed by atoms with Crippen LogP contribution in [0.15, 0.2) is 97.3 Å². The minimum absolute atomic E-state index is 0. The van der Waals surface area contributed by atoms with E-state index in [1.807, 2.05) is 84.9 Å². The molecule has 0 radical (unpaired) electrons. The maximum atomic E-state index is 7.00. The topological polar surface area (TPSA) is 114 Å². The number of benzene rings is 2. The normalized spacial score (nSPS) is 7.29. The number of pyridine rings is 2.